The second-order valence-corrected chi connectivity index (χ2v) is 8.52. The van der Waals surface area contributed by atoms with Gasteiger partial charge in [-0.1, -0.05) is 44.2 Å². The number of esters is 1. The first-order valence-electron chi connectivity index (χ1n) is 10.0. The zero-order valence-corrected chi connectivity index (χ0v) is 16.2. The molecular weight excluding hydrogens is 358 g/mol. The average Bonchev–Trinajstić information content (AvgIpc) is 3.36. The van der Waals surface area contributed by atoms with E-state index in [9.17, 15) is 19.2 Å². The summed E-state index contributed by atoms with van der Waals surface area (Å²) < 4.78 is 5.25. The number of fused-ring (bicyclic) bond motifs is 5. The van der Waals surface area contributed by atoms with Gasteiger partial charge in [-0.25, -0.2) is 4.79 Å². The fraction of sp³-hybridized carbons (Fsp3) is 0.545. The van der Waals surface area contributed by atoms with E-state index in [2.05, 4.69) is 0 Å². The molecule has 2 saturated carbocycles. The topological polar surface area (TPSA) is 80.8 Å². The first-order chi connectivity index (χ1) is 13.4. The summed E-state index contributed by atoms with van der Waals surface area (Å²) in [5.74, 6) is -1.76. The van der Waals surface area contributed by atoms with E-state index in [0.717, 1.165) is 24.2 Å². The number of carbonyl (C=O) groups is 4. The quantitative estimate of drug-likeness (QED) is 0.428. The van der Waals surface area contributed by atoms with Gasteiger partial charge in [-0.2, -0.15) is 0 Å². The number of hydrogen-bond donors (Lipinski definition) is 0. The lowest BCUT2D eigenvalue weighted by Gasteiger charge is -2.28. The van der Waals surface area contributed by atoms with Crippen molar-refractivity contribution in [2.75, 3.05) is 6.61 Å². The minimum Gasteiger partial charge on any atom is -0.456 e. The highest BCUT2D eigenvalue weighted by Gasteiger charge is 2.62. The molecule has 148 valence electrons. The molecule has 0 aromatic heterocycles. The largest absolute Gasteiger partial charge is 0.456 e. The molecule has 0 radical (unpaired) electrons. The lowest BCUT2D eigenvalue weighted by molar-refractivity contribution is -0.160. The third-order valence-corrected chi connectivity index (χ3v) is 6.55. The number of benzene rings is 1. The molecule has 4 rings (SSSR count). The Balaban J connectivity index is 1.48. The Labute approximate surface area is 164 Å². The first-order valence-corrected chi connectivity index (χ1v) is 10.0. The molecule has 3 aliphatic rings. The van der Waals surface area contributed by atoms with Gasteiger partial charge < -0.3 is 4.74 Å². The highest BCUT2D eigenvalue weighted by atomic mass is 16.5. The number of Topliss-reactive ketones (excluding diaryl/α,β-unsaturated/α-hetero) is 1. The highest BCUT2D eigenvalue weighted by molar-refractivity contribution is 6.09. The van der Waals surface area contributed by atoms with Crippen LogP contribution < -0.4 is 0 Å². The van der Waals surface area contributed by atoms with Crippen LogP contribution in [0.2, 0.25) is 0 Å². The van der Waals surface area contributed by atoms with E-state index in [4.69, 9.17) is 4.74 Å². The minimum atomic E-state index is -0.978. The molecule has 1 heterocycles. The Morgan fingerprint density at radius 2 is 1.61 bits per heavy atom. The maximum absolute atomic E-state index is 13.0. The molecule has 2 amide bonds. The van der Waals surface area contributed by atoms with Crippen molar-refractivity contribution in [3.8, 4) is 0 Å². The van der Waals surface area contributed by atoms with Crippen molar-refractivity contribution in [1.29, 1.82) is 0 Å². The van der Waals surface area contributed by atoms with E-state index < -0.39 is 18.6 Å². The monoisotopic (exact) mass is 383 g/mol. The van der Waals surface area contributed by atoms with Gasteiger partial charge in [0.25, 0.3) is 0 Å². The van der Waals surface area contributed by atoms with Crippen LogP contribution in [-0.4, -0.2) is 41.1 Å². The number of likely N-dealkylation sites (tertiary alicyclic amines) is 1. The maximum atomic E-state index is 13.0. The van der Waals surface area contributed by atoms with Crippen LogP contribution in [0.1, 0.15) is 43.5 Å². The molecule has 1 saturated heterocycles. The van der Waals surface area contributed by atoms with Crippen LogP contribution in [0.5, 0.6) is 0 Å². The zero-order valence-electron chi connectivity index (χ0n) is 16.2. The number of imide groups is 1. The van der Waals surface area contributed by atoms with Crippen molar-refractivity contribution < 1.29 is 23.9 Å². The molecule has 5 atom stereocenters. The van der Waals surface area contributed by atoms with Crippen molar-refractivity contribution in [1.82, 2.24) is 4.90 Å². The predicted molar refractivity (Wildman–Crippen MR) is 100 cm³/mol. The molecule has 0 N–H and O–H groups in total. The lowest BCUT2D eigenvalue weighted by atomic mass is 9.81. The first kappa shape index (κ1) is 18.8. The second-order valence-electron chi connectivity index (χ2n) is 8.52. The molecule has 0 spiro atoms. The second kappa shape index (κ2) is 7.15. The number of ether oxygens (including phenoxy) is 1. The summed E-state index contributed by atoms with van der Waals surface area (Å²) in [6, 6.07) is 7.60. The Morgan fingerprint density at radius 3 is 2.14 bits per heavy atom. The summed E-state index contributed by atoms with van der Waals surface area (Å²) in [4.78, 5) is 52.2. The van der Waals surface area contributed by atoms with Crippen LogP contribution in [0.15, 0.2) is 30.3 Å². The van der Waals surface area contributed by atoms with Crippen molar-refractivity contribution in [2.24, 2.45) is 29.6 Å². The van der Waals surface area contributed by atoms with Crippen molar-refractivity contribution in [3.05, 3.63) is 35.9 Å². The third kappa shape index (κ3) is 2.95. The van der Waals surface area contributed by atoms with Crippen LogP contribution in [-0.2, 0) is 19.1 Å². The summed E-state index contributed by atoms with van der Waals surface area (Å²) in [7, 11) is 0. The normalized spacial score (nSPS) is 29.3. The van der Waals surface area contributed by atoms with E-state index in [0.29, 0.717) is 5.56 Å². The van der Waals surface area contributed by atoms with Gasteiger partial charge in [0.2, 0.25) is 11.8 Å². The summed E-state index contributed by atoms with van der Waals surface area (Å²) in [5, 5.41) is 0. The number of ketones is 1. The van der Waals surface area contributed by atoms with Gasteiger partial charge in [-0.3, -0.25) is 19.3 Å². The number of nitrogens with zero attached hydrogens (tertiary/aromatic N) is 1. The molecule has 6 nitrogen and oxygen atoms in total. The van der Waals surface area contributed by atoms with Gasteiger partial charge in [0.1, 0.15) is 6.04 Å². The standard InChI is InChI=1S/C22H25NO5/c1-12(2)19(22(27)28-11-16(24)13-6-4-3-5-7-13)23-20(25)17-14-8-9-15(10-14)18(17)21(23)26/h3-7,12,14-15,17-19H,8-11H2,1-2H3/t14-,15-,17-,18+,19+/m0/s1. The number of rotatable bonds is 6. The molecule has 6 heteroatoms. The maximum Gasteiger partial charge on any atom is 0.330 e. The van der Waals surface area contributed by atoms with Gasteiger partial charge in [0.05, 0.1) is 11.8 Å². The molecule has 1 aromatic rings. The average molecular weight is 383 g/mol. The Bertz CT molecular complexity index is 789. The van der Waals surface area contributed by atoms with E-state index in [1.807, 2.05) is 0 Å². The van der Waals surface area contributed by atoms with Crippen LogP contribution in [0.4, 0.5) is 0 Å². The summed E-state index contributed by atoms with van der Waals surface area (Å²) in [5.41, 5.74) is 0.454. The van der Waals surface area contributed by atoms with E-state index in [1.54, 1.807) is 44.2 Å². The molecular formula is C22H25NO5. The van der Waals surface area contributed by atoms with Crippen molar-refractivity contribution in [2.45, 2.75) is 39.2 Å². The van der Waals surface area contributed by atoms with Crippen LogP contribution >= 0.6 is 0 Å². The van der Waals surface area contributed by atoms with Gasteiger partial charge in [0.15, 0.2) is 12.4 Å². The Hall–Kier alpha value is -2.50. The molecule has 2 bridgehead atoms. The smallest absolute Gasteiger partial charge is 0.330 e. The van der Waals surface area contributed by atoms with Gasteiger partial charge >= 0.3 is 5.97 Å². The number of amides is 2. The van der Waals surface area contributed by atoms with Gasteiger partial charge in [-0.15, -0.1) is 0 Å². The van der Waals surface area contributed by atoms with Crippen molar-refractivity contribution >= 4 is 23.6 Å². The van der Waals surface area contributed by atoms with Crippen molar-refractivity contribution in [3.63, 3.8) is 0 Å². The SMILES string of the molecule is CC(C)[C@H](C(=O)OCC(=O)c1ccccc1)N1C(=O)[C@@H]2[C@H]3CC[C@@H](C3)[C@@H]2C1=O. The van der Waals surface area contributed by atoms with Crippen LogP contribution in [0.25, 0.3) is 0 Å². The lowest BCUT2D eigenvalue weighted by Crippen LogP contribution is -2.50. The van der Waals surface area contributed by atoms with E-state index in [-0.39, 0.29) is 47.2 Å². The van der Waals surface area contributed by atoms with E-state index in [1.165, 1.54) is 0 Å². The molecule has 0 unspecified atom stereocenters. The molecule has 2 aliphatic carbocycles. The minimum absolute atomic E-state index is 0.229. The van der Waals surface area contributed by atoms with Crippen LogP contribution in [0, 0.1) is 29.6 Å². The third-order valence-electron chi connectivity index (χ3n) is 6.55. The molecule has 1 aromatic carbocycles. The fourth-order valence-electron chi connectivity index (χ4n) is 5.31. The highest BCUT2D eigenvalue weighted by Crippen LogP contribution is 2.56. The fourth-order valence-corrected chi connectivity index (χ4v) is 5.31. The number of hydrogen-bond acceptors (Lipinski definition) is 5. The zero-order chi connectivity index (χ0) is 20.0. The Morgan fingerprint density at radius 1 is 1.04 bits per heavy atom. The predicted octanol–water partition coefficient (Wildman–Crippen LogP) is 2.47. The number of carbonyl (C=O) groups excluding carboxylic acids is 4. The van der Waals surface area contributed by atoms with E-state index >= 15 is 0 Å². The summed E-state index contributed by atoms with van der Waals surface area (Å²) in [6.45, 7) is 3.17. The summed E-state index contributed by atoms with van der Waals surface area (Å²) >= 11 is 0. The molecule has 3 fully saturated rings. The molecule has 1 aliphatic heterocycles. The summed E-state index contributed by atoms with van der Waals surface area (Å²) in [6.07, 6.45) is 2.92. The van der Waals surface area contributed by atoms with Gasteiger partial charge in [0, 0.05) is 5.56 Å². The Kier molecular flexibility index (Phi) is 4.81. The van der Waals surface area contributed by atoms with Crippen LogP contribution in [0.3, 0.4) is 0 Å². The van der Waals surface area contributed by atoms with Gasteiger partial charge in [-0.05, 0) is 37.0 Å². The molecule has 28 heavy (non-hydrogen) atoms.